The van der Waals surface area contributed by atoms with Crippen molar-refractivity contribution in [1.29, 1.82) is 0 Å². The third-order valence-corrected chi connectivity index (χ3v) is 4.48. The van der Waals surface area contributed by atoms with Crippen LogP contribution >= 0.6 is 0 Å². The van der Waals surface area contributed by atoms with Gasteiger partial charge in [-0.05, 0) is 37.6 Å². The van der Waals surface area contributed by atoms with Crippen LogP contribution in [0.25, 0.3) is 0 Å². The molecule has 0 aromatic heterocycles. The first-order chi connectivity index (χ1) is 10.8. The summed E-state index contributed by atoms with van der Waals surface area (Å²) >= 11 is 0. The molecule has 1 amide bonds. The Labute approximate surface area is 132 Å². The van der Waals surface area contributed by atoms with Gasteiger partial charge in [0.25, 0.3) is 0 Å². The van der Waals surface area contributed by atoms with Crippen molar-refractivity contribution in [2.24, 2.45) is 5.92 Å². The molecule has 0 atom stereocenters. The molecule has 22 heavy (non-hydrogen) atoms. The van der Waals surface area contributed by atoms with Crippen LogP contribution in [0.3, 0.4) is 0 Å². The first-order valence-corrected chi connectivity index (χ1v) is 8.22. The summed E-state index contributed by atoms with van der Waals surface area (Å²) in [5.74, 6) is 0.300. The van der Waals surface area contributed by atoms with Gasteiger partial charge in [0.2, 0.25) is 5.91 Å². The fraction of sp³-hybridized carbons (Fsp3) is 0.588. The van der Waals surface area contributed by atoms with Crippen LogP contribution in [0.1, 0.15) is 18.4 Å². The third-order valence-electron chi connectivity index (χ3n) is 4.48. The molecule has 0 saturated carbocycles. The number of benzene rings is 1. The first-order valence-electron chi connectivity index (χ1n) is 8.22. The topological polar surface area (TPSA) is 53.6 Å². The van der Waals surface area contributed by atoms with Gasteiger partial charge in [-0.15, -0.1) is 0 Å². The zero-order valence-electron chi connectivity index (χ0n) is 13.0. The maximum absolute atomic E-state index is 12.4. The molecular formula is C17H25N3O2. The van der Waals surface area contributed by atoms with Crippen LogP contribution in [0.2, 0.25) is 0 Å². The number of piperidine rings is 1. The van der Waals surface area contributed by atoms with Crippen molar-refractivity contribution in [2.75, 3.05) is 44.7 Å². The van der Waals surface area contributed by atoms with Gasteiger partial charge in [0.05, 0.1) is 13.2 Å². The summed E-state index contributed by atoms with van der Waals surface area (Å²) in [5, 5.41) is 6.45. The molecule has 1 aromatic carbocycles. The molecule has 2 fully saturated rings. The van der Waals surface area contributed by atoms with Gasteiger partial charge in [-0.25, -0.2) is 0 Å². The number of rotatable bonds is 4. The molecular weight excluding hydrogens is 278 g/mol. The van der Waals surface area contributed by atoms with Crippen molar-refractivity contribution in [2.45, 2.75) is 19.4 Å². The Morgan fingerprint density at radius 3 is 2.73 bits per heavy atom. The predicted molar refractivity (Wildman–Crippen MR) is 86.8 cm³/mol. The van der Waals surface area contributed by atoms with E-state index in [2.05, 4.69) is 21.6 Å². The van der Waals surface area contributed by atoms with Gasteiger partial charge in [-0.3, -0.25) is 9.69 Å². The third kappa shape index (κ3) is 4.06. The molecule has 3 rings (SSSR count). The van der Waals surface area contributed by atoms with Gasteiger partial charge in [-0.2, -0.15) is 0 Å². The summed E-state index contributed by atoms with van der Waals surface area (Å²) in [6.07, 6.45) is 1.86. The molecule has 120 valence electrons. The Morgan fingerprint density at radius 1 is 1.23 bits per heavy atom. The lowest BCUT2D eigenvalue weighted by Gasteiger charge is -2.28. The molecule has 2 aliphatic rings. The fourth-order valence-electron chi connectivity index (χ4n) is 3.10. The van der Waals surface area contributed by atoms with Gasteiger partial charge in [0, 0.05) is 31.2 Å². The number of ether oxygens (including phenoxy) is 1. The van der Waals surface area contributed by atoms with E-state index in [0.29, 0.717) is 0 Å². The molecule has 0 unspecified atom stereocenters. The summed E-state index contributed by atoms with van der Waals surface area (Å²) in [7, 11) is 0. The highest BCUT2D eigenvalue weighted by Crippen LogP contribution is 2.20. The van der Waals surface area contributed by atoms with E-state index in [1.807, 2.05) is 18.2 Å². The second kappa shape index (κ2) is 7.72. The smallest absolute Gasteiger partial charge is 0.227 e. The monoisotopic (exact) mass is 303 g/mol. The van der Waals surface area contributed by atoms with Gasteiger partial charge in [0.1, 0.15) is 0 Å². The Balaban J connectivity index is 1.63. The van der Waals surface area contributed by atoms with E-state index in [-0.39, 0.29) is 11.8 Å². The van der Waals surface area contributed by atoms with Crippen molar-refractivity contribution in [3.8, 4) is 0 Å². The van der Waals surface area contributed by atoms with Gasteiger partial charge >= 0.3 is 0 Å². The second-order valence-corrected chi connectivity index (χ2v) is 6.06. The quantitative estimate of drug-likeness (QED) is 0.884. The van der Waals surface area contributed by atoms with E-state index < -0.39 is 0 Å². The molecule has 2 heterocycles. The van der Waals surface area contributed by atoms with Crippen LogP contribution in [0.5, 0.6) is 0 Å². The number of carbonyl (C=O) groups excluding carboxylic acids is 1. The average Bonchev–Trinajstić information content (AvgIpc) is 2.58. The average molecular weight is 303 g/mol. The zero-order chi connectivity index (χ0) is 15.2. The van der Waals surface area contributed by atoms with E-state index in [0.717, 1.165) is 64.5 Å². The largest absolute Gasteiger partial charge is 0.379 e. The van der Waals surface area contributed by atoms with Crippen LogP contribution in [0, 0.1) is 5.92 Å². The predicted octanol–water partition coefficient (Wildman–Crippen LogP) is 1.46. The number of carbonyl (C=O) groups is 1. The summed E-state index contributed by atoms with van der Waals surface area (Å²) in [6.45, 7) is 6.24. The van der Waals surface area contributed by atoms with E-state index in [9.17, 15) is 4.79 Å². The summed E-state index contributed by atoms with van der Waals surface area (Å²) < 4.78 is 5.39. The lowest BCUT2D eigenvalue weighted by atomic mass is 9.97. The normalized spacial score (nSPS) is 20.7. The second-order valence-electron chi connectivity index (χ2n) is 6.06. The van der Waals surface area contributed by atoms with Crippen LogP contribution in [0.15, 0.2) is 24.3 Å². The molecule has 0 radical (unpaired) electrons. The molecule has 2 N–H and O–H groups in total. The number of amides is 1. The molecule has 2 aliphatic heterocycles. The fourth-order valence-corrected chi connectivity index (χ4v) is 3.10. The Hall–Kier alpha value is -1.43. The zero-order valence-corrected chi connectivity index (χ0v) is 13.0. The number of morpholine rings is 1. The molecule has 0 aliphatic carbocycles. The standard InChI is InChI=1S/C17H25N3O2/c21-17(14-5-7-18-8-6-14)19-16-4-2-1-3-15(16)13-20-9-11-22-12-10-20/h1-4,14,18H,5-13H2,(H,19,21). The number of hydrogen-bond acceptors (Lipinski definition) is 4. The molecule has 5 nitrogen and oxygen atoms in total. The number of para-hydroxylation sites is 1. The van der Waals surface area contributed by atoms with E-state index in [1.165, 1.54) is 5.56 Å². The van der Waals surface area contributed by atoms with Crippen LogP contribution < -0.4 is 10.6 Å². The summed E-state index contributed by atoms with van der Waals surface area (Å²) in [6, 6.07) is 8.14. The minimum atomic E-state index is 0.137. The van der Waals surface area contributed by atoms with Gasteiger partial charge in [0.15, 0.2) is 0 Å². The Kier molecular flexibility index (Phi) is 5.43. The van der Waals surface area contributed by atoms with E-state index in [1.54, 1.807) is 0 Å². The highest BCUT2D eigenvalue weighted by molar-refractivity contribution is 5.93. The number of nitrogens with one attached hydrogen (secondary N) is 2. The first kappa shape index (κ1) is 15.5. The van der Waals surface area contributed by atoms with E-state index in [4.69, 9.17) is 4.74 Å². The van der Waals surface area contributed by atoms with Crippen molar-refractivity contribution < 1.29 is 9.53 Å². The van der Waals surface area contributed by atoms with Crippen molar-refractivity contribution in [3.63, 3.8) is 0 Å². The Morgan fingerprint density at radius 2 is 1.95 bits per heavy atom. The number of anilines is 1. The Bertz CT molecular complexity index is 494. The van der Waals surface area contributed by atoms with Crippen molar-refractivity contribution >= 4 is 11.6 Å². The van der Waals surface area contributed by atoms with Crippen molar-refractivity contribution in [1.82, 2.24) is 10.2 Å². The minimum absolute atomic E-state index is 0.137. The minimum Gasteiger partial charge on any atom is -0.379 e. The van der Waals surface area contributed by atoms with Gasteiger partial charge in [-0.1, -0.05) is 18.2 Å². The number of nitrogens with zero attached hydrogens (tertiary/aromatic N) is 1. The van der Waals surface area contributed by atoms with Crippen LogP contribution in [-0.2, 0) is 16.1 Å². The maximum atomic E-state index is 12.4. The molecule has 5 heteroatoms. The highest BCUT2D eigenvalue weighted by Gasteiger charge is 2.22. The van der Waals surface area contributed by atoms with Crippen LogP contribution in [-0.4, -0.2) is 50.2 Å². The summed E-state index contributed by atoms with van der Waals surface area (Å²) in [4.78, 5) is 14.8. The lowest BCUT2D eigenvalue weighted by Crippen LogP contribution is -2.36. The molecule has 2 saturated heterocycles. The SMILES string of the molecule is O=C(Nc1ccccc1CN1CCOCC1)C1CCNCC1. The van der Waals surface area contributed by atoms with Crippen LogP contribution in [0.4, 0.5) is 5.69 Å². The molecule has 0 bridgehead atoms. The molecule has 1 aromatic rings. The summed E-state index contributed by atoms with van der Waals surface area (Å²) in [5.41, 5.74) is 2.14. The maximum Gasteiger partial charge on any atom is 0.227 e. The van der Waals surface area contributed by atoms with E-state index >= 15 is 0 Å². The molecule has 0 spiro atoms. The lowest BCUT2D eigenvalue weighted by molar-refractivity contribution is -0.120. The van der Waals surface area contributed by atoms with Crippen molar-refractivity contribution in [3.05, 3.63) is 29.8 Å². The highest BCUT2D eigenvalue weighted by atomic mass is 16.5. The van der Waals surface area contributed by atoms with Gasteiger partial charge < -0.3 is 15.4 Å². The number of hydrogen-bond donors (Lipinski definition) is 2.